The van der Waals surface area contributed by atoms with Crippen molar-refractivity contribution >= 4 is 31.4 Å². The number of unbranched alkanes of at least 4 members (excludes halogenated alkanes) is 3. The lowest BCUT2D eigenvalue weighted by atomic mass is 10.1. The van der Waals surface area contributed by atoms with E-state index in [9.17, 15) is 0 Å². The van der Waals surface area contributed by atoms with Crippen LogP contribution in [0.15, 0.2) is 24.3 Å². The van der Waals surface area contributed by atoms with E-state index >= 15 is 0 Å². The van der Waals surface area contributed by atoms with E-state index in [1.54, 1.807) is 0 Å². The molecule has 0 aliphatic carbocycles. The molecule has 0 aliphatic heterocycles. The highest BCUT2D eigenvalue weighted by Crippen LogP contribution is 2.27. The third-order valence-electron chi connectivity index (χ3n) is 4.88. The lowest BCUT2D eigenvalue weighted by Crippen LogP contribution is -2.47. The lowest BCUT2D eigenvalue weighted by molar-refractivity contribution is 0.0564. The van der Waals surface area contributed by atoms with Gasteiger partial charge in [0.15, 0.2) is 0 Å². The number of aryl methyl sites for hydroxylation is 1. The van der Waals surface area contributed by atoms with Crippen molar-refractivity contribution in [1.82, 2.24) is 0 Å². The van der Waals surface area contributed by atoms with E-state index in [0.717, 1.165) is 77.2 Å². The van der Waals surface area contributed by atoms with Gasteiger partial charge in [-0.05, 0) is 43.2 Å². The Labute approximate surface area is 188 Å². The smallest absolute Gasteiger partial charge is 0.373 e. The maximum Gasteiger partial charge on any atom is 0.501 e. The molecule has 5 heteroatoms. The molecule has 1 atom stereocenters. The first-order chi connectivity index (χ1) is 13.6. The first-order valence-electron chi connectivity index (χ1n) is 11.3. The summed E-state index contributed by atoms with van der Waals surface area (Å²) in [6, 6.07) is 9.94. The van der Waals surface area contributed by atoms with Crippen molar-refractivity contribution in [3.05, 3.63) is 35.4 Å². The minimum absolute atomic E-state index is 0.590. The summed E-state index contributed by atoms with van der Waals surface area (Å²) in [5, 5.41) is 0. The van der Waals surface area contributed by atoms with Crippen molar-refractivity contribution in [2.45, 2.75) is 89.0 Å². The van der Waals surface area contributed by atoms with Gasteiger partial charge in [-0.2, -0.15) is 0 Å². The van der Waals surface area contributed by atoms with E-state index in [2.05, 4.69) is 74.6 Å². The highest BCUT2D eigenvalue weighted by molar-refractivity contribution is 14.1. The van der Waals surface area contributed by atoms with Gasteiger partial charge in [-0.1, -0.05) is 93.8 Å². The molecule has 0 N–H and O–H groups in total. The molecular formula is C23H41IO3Si. The molecule has 0 aliphatic rings. The Bertz CT molecular complexity index is 469. The van der Waals surface area contributed by atoms with Gasteiger partial charge in [-0.3, -0.25) is 0 Å². The maximum absolute atomic E-state index is 6.36. The summed E-state index contributed by atoms with van der Waals surface area (Å²) < 4.78 is 19.7. The van der Waals surface area contributed by atoms with Gasteiger partial charge in [0.05, 0.1) is 0 Å². The van der Waals surface area contributed by atoms with Gasteiger partial charge in [-0.15, -0.1) is 0 Å². The van der Waals surface area contributed by atoms with Crippen LogP contribution in [0.4, 0.5) is 0 Å². The van der Waals surface area contributed by atoms with Gasteiger partial charge in [0.1, 0.15) is 0 Å². The molecule has 0 radical (unpaired) electrons. The van der Waals surface area contributed by atoms with Crippen LogP contribution < -0.4 is 0 Å². The topological polar surface area (TPSA) is 27.7 Å². The van der Waals surface area contributed by atoms with Crippen molar-refractivity contribution < 1.29 is 13.3 Å². The number of halogens is 1. The van der Waals surface area contributed by atoms with Gasteiger partial charge in [-0.25, -0.2) is 0 Å². The molecule has 0 fully saturated rings. The van der Waals surface area contributed by atoms with Crippen LogP contribution in [0.2, 0.25) is 6.04 Å². The lowest BCUT2D eigenvalue weighted by Gasteiger charge is -2.30. The van der Waals surface area contributed by atoms with Gasteiger partial charge in [0.2, 0.25) is 0 Å². The van der Waals surface area contributed by atoms with Gasteiger partial charge >= 0.3 is 8.80 Å². The molecule has 0 aromatic heterocycles. The van der Waals surface area contributed by atoms with Crippen LogP contribution in [0.5, 0.6) is 0 Å². The van der Waals surface area contributed by atoms with E-state index in [1.807, 2.05) is 0 Å². The van der Waals surface area contributed by atoms with E-state index in [-0.39, 0.29) is 0 Å². The van der Waals surface area contributed by atoms with E-state index in [4.69, 9.17) is 13.3 Å². The van der Waals surface area contributed by atoms with Gasteiger partial charge in [0.25, 0.3) is 0 Å². The van der Waals surface area contributed by atoms with Gasteiger partial charge in [0, 0.05) is 29.8 Å². The molecule has 0 spiro atoms. The molecule has 0 amide bonds. The maximum atomic E-state index is 6.36. The Morgan fingerprint density at radius 1 is 0.786 bits per heavy atom. The molecule has 0 saturated heterocycles. The predicted octanol–water partition coefficient (Wildman–Crippen LogP) is 7.50. The van der Waals surface area contributed by atoms with Crippen LogP contribution in [0, 0.1) is 0 Å². The summed E-state index contributed by atoms with van der Waals surface area (Å²) >= 11 is 2.52. The first-order valence-corrected chi connectivity index (χ1v) is 14.4. The minimum atomic E-state index is -2.63. The number of hydrogen-bond acceptors (Lipinski definition) is 3. The quantitative estimate of drug-likeness (QED) is 0.0921. The fourth-order valence-corrected chi connectivity index (χ4v) is 5.94. The molecule has 28 heavy (non-hydrogen) atoms. The van der Waals surface area contributed by atoms with Crippen molar-refractivity contribution in [1.29, 1.82) is 0 Å². The normalized spacial score (nSPS) is 13.0. The Hall–Kier alpha value is 0.0469. The largest absolute Gasteiger partial charge is 0.501 e. The van der Waals surface area contributed by atoms with Crippen molar-refractivity contribution in [2.24, 2.45) is 0 Å². The summed E-state index contributed by atoms with van der Waals surface area (Å²) in [6.07, 6.45) is 8.69. The molecule has 0 heterocycles. The van der Waals surface area contributed by atoms with Crippen LogP contribution >= 0.6 is 22.6 Å². The molecule has 3 nitrogen and oxygen atoms in total. The monoisotopic (exact) mass is 520 g/mol. The summed E-state index contributed by atoms with van der Waals surface area (Å²) in [7, 11) is -2.63. The highest BCUT2D eigenvalue weighted by atomic mass is 127. The van der Waals surface area contributed by atoms with Crippen molar-refractivity contribution in [3.8, 4) is 0 Å². The number of benzene rings is 1. The Kier molecular flexibility index (Phi) is 14.7. The summed E-state index contributed by atoms with van der Waals surface area (Å²) in [6.45, 7) is 11.1. The standard InChI is InChI=1S/C23H41IO3Si/c1-5-9-17-25-28(26-18-10-6-2,27-19-11-7-3)20-16-21-12-14-22(15-13-21)23(24)8-4/h12-15,23H,5-11,16-20H2,1-4H3. The number of hydrogen-bond donors (Lipinski definition) is 0. The Morgan fingerprint density at radius 3 is 1.64 bits per heavy atom. The van der Waals surface area contributed by atoms with Crippen molar-refractivity contribution in [3.63, 3.8) is 0 Å². The number of rotatable bonds is 17. The summed E-state index contributed by atoms with van der Waals surface area (Å²) in [5.74, 6) is 0. The molecule has 0 bridgehead atoms. The molecule has 1 aromatic carbocycles. The van der Waals surface area contributed by atoms with Crippen LogP contribution in [0.25, 0.3) is 0 Å². The zero-order chi connectivity index (χ0) is 20.7. The van der Waals surface area contributed by atoms with E-state index in [1.165, 1.54) is 11.1 Å². The molecule has 0 saturated carbocycles. The first kappa shape index (κ1) is 26.1. The average molecular weight is 521 g/mol. The second-order valence-electron chi connectivity index (χ2n) is 7.41. The third kappa shape index (κ3) is 10.2. The zero-order valence-electron chi connectivity index (χ0n) is 18.5. The Balaban J connectivity index is 2.80. The van der Waals surface area contributed by atoms with Crippen LogP contribution in [-0.4, -0.2) is 28.6 Å². The van der Waals surface area contributed by atoms with Crippen LogP contribution in [0.3, 0.4) is 0 Å². The third-order valence-corrected chi connectivity index (χ3v) is 9.27. The SMILES string of the molecule is CCCCO[Si](CCc1ccc(C(I)CC)cc1)(OCCCC)OCCCC. The zero-order valence-corrected chi connectivity index (χ0v) is 21.6. The second-order valence-corrected chi connectivity index (χ2v) is 11.6. The minimum Gasteiger partial charge on any atom is -0.373 e. The summed E-state index contributed by atoms with van der Waals surface area (Å²) in [4.78, 5) is 0. The molecule has 1 unspecified atom stereocenters. The number of alkyl halides is 1. The summed E-state index contributed by atoms with van der Waals surface area (Å²) in [5.41, 5.74) is 2.76. The second kappa shape index (κ2) is 15.8. The molecular weight excluding hydrogens is 479 g/mol. The van der Waals surface area contributed by atoms with Crippen LogP contribution in [-0.2, 0) is 19.7 Å². The molecule has 1 aromatic rings. The molecule has 1 rings (SSSR count). The molecule has 162 valence electrons. The fraction of sp³-hybridized carbons (Fsp3) is 0.739. The Morgan fingerprint density at radius 2 is 1.25 bits per heavy atom. The van der Waals surface area contributed by atoms with E-state index in [0.29, 0.717) is 3.92 Å². The highest BCUT2D eigenvalue weighted by Gasteiger charge is 2.40. The predicted molar refractivity (Wildman–Crippen MR) is 130 cm³/mol. The fourth-order valence-electron chi connectivity index (χ4n) is 2.88. The average Bonchev–Trinajstić information content (AvgIpc) is 2.72. The van der Waals surface area contributed by atoms with Crippen LogP contribution in [0.1, 0.15) is 87.7 Å². The van der Waals surface area contributed by atoms with Crippen molar-refractivity contribution in [2.75, 3.05) is 19.8 Å². The van der Waals surface area contributed by atoms with E-state index < -0.39 is 8.80 Å². The van der Waals surface area contributed by atoms with Gasteiger partial charge < -0.3 is 13.3 Å².